The molecule has 1 aliphatic heterocycles. The van der Waals surface area contributed by atoms with Crippen LogP contribution >= 0.6 is 15.9 Å². The third-order valence-corrected chi connectivity index (χ3v) is 8.05. The zero-order valence-corrected chi connectivity index (χ0v) is 25.0. The second-order valence-corrected chi connectivity index (χ2v) is 12.4. The van der Waals surface area contributed by atoms with Crippen LogP contribution in [-0.4, -0.2) is 72.0 Å². The molecule has 1 atom stereocenters. The van der Waals surface area contributed by atoms with Gasteiger partial charge in [0, 0.05) is 31.2 Å². The van der Waals surface area contributed by atoms with Crippen LogP contribution in [0.4, 0.5) is 4.39 Å². The van der Waals surface area contributed by atoms with Gasteiger partial charge < -0.3 is 19.0 Å². The molecule has 0 saturated carbocycles. The van der Waals surface area contributed by atoms with E-state index in [9.17, 15) is 22.4 Å². The number of imidazole rings is 1. The molecule has 0 radical (unpaired) electrons. The molecule has 1 aliphatic rings. The lowest BCUT2D eigenvalue weighted by molar-refractivity contribution is -0.137. The predicted molar refractivity (Wildman–Crippen MR) is 150 cm³/mol. The molecule has 0 spiro atoms. The molecule has 1 saturated heterocycles. The molecule has 2 aromatic carbocycles. The zero-order chi connectivity index (χ0) is 29.9. The Morgan fingerprint density at radius 1 is 1.27 bits per heavy atom. The number of hydrogen-bond acceptors (Lipinski definition) is 8. The van der Waals surface area contributed by atoms with Gasteiger partial charge in [-0.3, -0.25) is 14.5 Å². The molecule has 1 N–H and O–H groups in total. The summed E-state index contributed by atoms with van der Waals surface area (Å²) in [5.41, 5.74) is 0.426. The Kier molecular flexibility index (Phi) is 8.81. The number of amides is 2. The average Bonchev–Trinajstić information content (AvgIpc) is 3.33. The standard InChI is InChI=1S/C27H28BrFN6O5S/c1-27(24-13-31-17-33(24)2,20-5-4-18(12-30)23(29)11-20)32-25(36)15-34-8-9-35(26(37)16-34)14-19-10-21(6-7-22(19)28)40-41(3,38)39/h4-7,10-11,13,17H,8-9,14-16H2,1-3H3,(H,32,36). The molecule has 1 fully saturated rings. The van der Waals surface area contributed by atoms with E-state index in [1.807, 2.05) is 0 Å². The predicted octanol–water partition coefficient (Wildman–Crippen LogP) is 2.26. The summed E-state index contributed by atoms with van der Waals surface area (Å²) < 4.78 is 44.9. The van der Waals surface area contributed by atoms with Gasteiger partial charge in [-0.1, -0.05) is 22.0 Å². The van der Waals surface area contributed by atoms with Gasteiger partial charge in [-0.05, 0) is 48.4 Å². The smallest absolute Gasteiger partial charge is 0.306 e. The Bertz CT molecular complexity index is 1640. The molecule has 216 valence electrons. The topological polar surface area (TPSA) is 138 Å². The Balaban J connectivity index is 1.44. The van der Waals surface area contributed by atoms with Crippen molar-refractivity contribution in [2.24, 2.45) is 7.05 Å². The molecule has 2 heterocycles. The number of nitriles is 1. The SMILES string of the molecule is Cn1cncc1C(C)(NC(=O)CN1CCN(Cc2cc(OS(C)(=O)=O)ccc2Br)C(=O)C1)c1ccc(C#N)c(F)c1. The normalized spacial score (nSPS) is 15.7. The van der Waals surface area contributed by atoms with Crippen LogP contribution in [0.15, 0.2) is 53.4 Å². The number of carbonyl (C=O) groups excluding carboxylic acids is 2. The third-order valence-electron chi connectivity index (χ3n) is 6.78. The van der Waals surface area contributed by atoms with Crippen LogP contribution in [-0.2, 0) is 38.8 Å². The fourth-order valence-corrected chi connectivity index (χ4v) is 5.55. The highest BCUT2D eigenvalue weighted by molar-refractivity contribution is 9.10. The van der Waals surface area contributed by atoms with E-state index in [4.69, 9.17) is 9.44 Å². The van der Waals surface area contributed by atoms with Crippen LogP contribution in [0.1, 0.15) is 29.3 Å². The van der Waals surface area contributed by atoms with Gasteiger partial charge in [0.15, 0.2) is 0 Å². The summed E-state index contributed by atoms with van der Waals surface area (Å²) in [5, 5.41) is 12.1. The molecule has 4 rings (SSSR count). The summed E-state index contributed by atoms with van der Waals surface area (Å²) in [4.78, 5) is 33.7. The number of nitrogens with one attached hydrogen (secondary N) is 1. The summed E-state index contributed by atoms with van der Waals surface area (Å²) >= 11 is 3.43. The first-order valence-electron chi connectivity index (χ1n) is 12.4. The van der Waals surface area contributed by atoms with Crippen molar-refractivity contribution >= 4 is 37.9 Å². The Labute approximate surface area is 245 Å². The highest BCUT2D eigenvalue weighted by Gasteiger charge is 2.35. The molecule has 3 aromatic rings. The summed E-state index contributed by atoms with van der Waals surface area (Å²) in [6.07, 6.45) is 4.10. The number of piperazine rings is 1. The fraction of sp³-hybridized carbons (Fsp3) is 0.333. The van der Waals surface area contributed by atoms with Crippen LogP contribution in [0.25, 0.3) is 0 Å². The van der Waals surface area contributed by atoms with Crippen LogP contribution in [0.5, 0.6) is 5.75 Å². The van der Waals surface area contributed by atoms with E-state index in [2.05, 4.69) is 26.2 Å². The quantitative estimate of drug-likeness (QED) is 0.350. The van der Waals surface area contributed by atoms with E-state index in [0.717, 1.165) is 6.26 Å². The molecule has 14 heteroatoms. The number of aromatic nitrogens is 2. The summed E-state index contributed by atoms with van der Waals surface area (Å²) in [6.45, 7) is 2.64. The van der Waals surface area contributed by atoms with Gasteiger partial charge in [-0.2, -0.15) is 13.7 Å². The maximum atomic E-state index is 14.5. The molecule has 1 aromatic heterocycles. The van der Waals surface area contributed by atoms with E-state index < -0.39 is 21.5 Å². The molecule has 41 heavy (non-hydrogen) atoms. The summed E-state index contributed by atoms with van der Waals surface area (Å²) in [6, 6.07) is 10.7. The van der Waals surface area contributed by atoms with Gasteiger partial charge in [0.2, 0.25) is 11.8 Å². The van der Waals surface area contributed by atoms with Crippen LogP contribution in [0.2, 0.25) is 0 Å². The molecule has 1 unspecified atom stereocenters. The number of carbonyl (C=O) groups is 2. The van der Waals surface area contributed by atoms with Gasteiger partial charge in [-0.15, -0.1) is 0 Å². The maximum Gasteiger partial charge on any atom is 0.306 e. The number of nitrogens with zero attached hydrogens (tertiary/aromatic N) is 5. The number of hydrogen-bond donors (Lipinski definition) is 1. The molecule has 11 nitrogen and oxygen atoms in total. The second-order valence-electron chi connectivity index (χ2n) is 9.94. The van der Waals surface area contributed by atoms with E-state index in [1.54, 1.807) is 65.1 Å². The summed E-state index contributed by atoms with van der Waals surface area (Å²) in [5.74, 6) is -1.14. The number of halogens is 2. The van der Waals surface area contributed by atoms with Crippen LogP contribution in [0.3, 0.4) is 0 Å². The maximum absolute atomic E-state index is 14.5. The van der Waals surface area contributed by atoms with Crippen molar-refractivity contribution in [3.05, 3.63) is 81.6 Å². The third kappa shape index (κ3) is 7.10. The Morgan fingerprint density at radius 2 is 2.02 bits per heavy atom. The van der Waals surface area contributed by atoms with Gasteiger partial charge in [0.25, 0.3) is 0 Å². The number of rotatable bonds is 9. The van der Waals surface area contributed by atoms with Crippen molar-refractivity contribution in [1.29, 1.82) is 5.26 Å². The largest absolute Gasteiger partial charge is 0.383 e. The molecule has 0 bridgehead atoms. The first-order valence-corrected chi connectivity index (χ1v) is 15.1. The minimum atomic E-state index is -3.70. The van der Waals surface area contributed by atoms with Crippen molar-refractivity contribution < 1.29 is 26.6 Å². The highest BCUT2D eigenvalue weighted by atomic mass is 79.9. The molecule has 0 aliphatic carbocycles. The molecule has 2 amide bonds. The van der Waals surface area contributed by atoms with Crippen molar-refractivity contribution in [2.75, 3.05) is 32.4 Å². The minimum absolute atomic E-state index is 0.00150. The lowest BCUT2D eigenvalue weighted by Crippen LogP contribution is -2.54. The van der Waals surface area contributed by atoms with Crippen molar-refractivity contribution in [2.45, 2.75) is 19.0 Å². The highest BCUT2D eigenvalue weighted by Crippen LogP contribution is 2.30. The van der Waals surface area contributed by atoms with E-state index in [0.29, 0.717) is 34.4 Å². The van der Waals surface area contributed by atoms with Crippen LogP contribution in [0, 0.1) is 17.1 Å². The van der Waals surface area contributed by atoms with E-state index in [-0.39, 0.29) is 42.8 Å². The Morgan fingerprint density at radius 3 is 2.63 bits per heavy atom. The van der Waals surface area contributed by atoms with Crippen molar-refractivity contribution in [1.82, 2.24) is 24.7 Å². The minimum Gasteiger partial charge on any atom is -0.383 e. The molecular weight excluding hydrogens is 619 g/mol. The monoisotopic (exact) mass is 646 g/mol. The first kappa shape index (κ1) is 30.2. The van der Waals surface area contributed by atoms with Crippen molar-refractivity contribution in [3.63, 3.8) is 0 Å². The molecular formula is C27H28BrFN6O5S. The van der Waals surface area contributed by atoms with Crippen molar-refractivity contribution in [3.8, 4) is 11.8 Å². The zero-order valence-electron chi connectivity index (χ0n) is 22.6. The summed E-state index contributed by atoms with van der Waals surface area (Å²) in [7, 11) is -1.94. The average molecular weight is 648 g/mol. The van der Waals surface area contributed by atoms with Gasteiger partial charge in [0.1, 0.15) is 23.2 Å². The lowest BCUT2D eigenvalue weighted by Gasteiger charge is -2.36. The van der Waals surface area contributed by atoms with Gasteiger partial charge >= 0.3 is 10.1 Å². The fourth-order valence-electron chi connectivity index (χ4n) is 4.73. The first-order chi connectivity index (χ1) is 19.3. The number of aryl methyl sites for hydroxylation is 1. The van der Waals surface area contributed by atoms with Crippen LogP contribution < -0.4 is 9.50 Å². The van der Waals surface area contributed by atoms with Gasteiger partial charge in [-0.25, -0.2) is 9.37 Å². The number of benzene rings is 2. The van der Waals surface area contributed by atoms with Gasteiger partial charge in [0.05, 0.1) is 43.1 Å². The Hall–Kier alpha value is -3.80. The lowest BCUT2D eigenvalue weighted by atomic mass is 9.87. The van der Waals surface area contributed by atoms with E-state index in [1.165, 1.54) is 18.2 Å². The van der Waals surface area contributed by atoms with E-state index >= 15 is 0 Å². The second kappa shape index (κ2) is 12.0.